The van der Waals surface area contributed by atoms with Crippen molar-refractivity contribution in [3.05, 3.63) is 35.8 Å². The normalized spacial score (nSPS) is 18.9. The first-order chi connectivity index (χ1) is 8.24. The third kappa shape index (κ3) is 1.98. The second-order valence-corrected chi connectivity index (χ2v) is 5.27. The van der Waals surface area contributed by atoms with Crippen LogP contribution in [0.4, 0.5) is 0 Å². The van der Waals surface area contributed by atoms with Gasteiger partial charge in [-0.3, -0.25) is 0 Å². The van der Waals surface area contributed by atoms with Crippen molar-refractivity contribution >= 4 is 10.8 Å². The van der Waals surface area contributed by atoms with Crippen molar-refractivity contribution in [2.75, 3.05) is 20.1 Å². The van der Waals surface area contributed by atoms with E-state index in [1.54, 1.807) is 0 Å². The summed E-state index contributed by atoms with van der Waals surface area (Å²) in [6.07, 6.45) is 4.34. The van der Waals surface area contributed by atoms with Gasteiger partial charge in [0.1, 0.15) is 5.76 Å². The number of rotatable bonds is 1. The zero-order valence-corrected chi connectivity index (χ0v) is 10.6. The fourth-order valence-corrected chi connectivity index (χ4v) is 2.76. The lowest BCUT2D eigenvalue weighted by Gasteiger charge is -2.27. The van der Waals surface area contributed by atoms with Crippen molar-refractivity contribution in [2.24, 2.45) is 0 Å². The van der Waals surface area contributed by atoms with E-state index in [-0.39, 0.29) is 0 Å². The molecule has 90 valence electrons. The Hall–Kier alpha value is -1.28. The maximum atomic E-state index is 5.83. The van der Waals surface area contributed by atoms with Crippen LogP contribution in [0.15, 0.2) is 28.9 Å². The lowest BCUT2D eigenvalue weighted by atomic mass is 9.92. The van der Waals surface area contributed by atoms with Crippen LogP contribution in [0.3, 0.4) is 0 Å². The molecule has 2 nitrogen and oxygen atoms in total. The molecule has 0 aliphatic carbocycles. The third-order valence-electron chi connectivity index (χ3n) is 3.88. The number of furan rings is 1. The average molecular weight is 229 g/mol. The Morgan fingerprint density at radius 2 is 2.00 bits per heavy atom. The molecule has 0 saturated carbocycles. The van der Waals surface area contributed by atoms with Gasteiger partial charge in [-0.2, -0.15) is 0 Å². The van der Waals surface area contributed by atoms with Gasteiger partial charge < -0.3 is 9.32 Å². The summed E-state index contributed by atoms with van der Waals surface area (Å²) >= 11 is 0. The Bertz CT molecular complexity index is 521. The van der Waals surface area contributed by atoms with Gasteiger partial charge in [0, 0.05) is 16.7 Å². The van der Waals surface area contributed by atoms with E-state index in [1.165, 1.54) is 48.0 Å². The fraction of sp³-hybridized carbons (Fsp3) is 0.467. The summed E-state index contributed by atoms with van der Waals surface area (Å²) in [5.41, 5.74) is 1.31. The Labute approximate surface area is 102 Å². The lowest BCUT2D eigenvalue weighted by Crippen LogP contribution is -2.29. The maximum absolute atomic E-state index is 5.83. The van der Waals surface area contributed by atoms with E-state index in [0.717, 1.165) is 0 Å². The van der Waals surface area contributed by atoms with Gasteiger partial charge in [0.15, 0.2) is 0 Å². The predicted octanol–water partition coefficient (Wildman–Crippen LogP) is 3.55. The van der Waals surface area contributed by atoms with E-state index >= 15 is 0 Å². The monoisotopic (exact) mass is 229 g/mol. The molecule has 1 aliphatic rings. The van der Waals surface area contributed by atoms with Crippen molar-refractivity contribution in [1.29, 1.82) is 0 Å². The third-order valence-corrected chi connectivity index (χ3v) is 3.88. The van der Waals surface area contributed by atoms with Crippen LogP contribution in [0.1, 0.15) is 30.1 Å². The zero-order chi connectivity index (χ0) is 11.8. The Morgan fingerprint density at radius 3 is 2.76 bits per heavy atom. The number of nitrogens with zero attached hydrogens (tertiary/aromatic N) is 1. The molecule has 2 aromatic rings. The first-order valence-corrected chi connectivity index (χ1v) is 6.40. The molecule has 1 fully saturated rings. The van der Waals surface area contributed by atoms with Crippen LogP contribution >= 0.6 is 0 Å². The van der Waals surface area contributed by atoms with Crippen molar-refractivity contribution in [3.8, 4) is 0 Å². The molecule has 2 heterocycles. The molecule has 17 heavy (non-hydrogen) atoms. The Balaban J connectivity index is 1.97. The molecule has 1 saturated heterocycles. The summed E-state index contributed by atoms with van der Waals surface area (Å²) in [4.78, 5) is 2.40. The molecule has 3 rings (SSSR count). The summed E-state index contributed by atoms with van der Waals surface area (Å²) in [5.74, 6) is 1.81. The van der Waals surface area contributed by atoms with E-state index < -0.39 is 0 Å². The Kier molecular flexibility index (Phi) is 2.67. The molecule has 0 radical (unpaired) electrons. The molecule has 1 aromatic carbocycles. The van der Waals surface area contributed by atoms with Crippen LogP contribution < -0.4 is 0 Å². The molecular formula is C15H19NO. The molecule has 1 aromatic heterocycles. The molecule has 0 unspecified atom stereocenters. The summed E-state index contributed by atoms with van der Waals surface area (Å²) in [5, 5.41) is 2.56. The number of hydrogen-bond donors (Lipinski definition) is 0. The van der Waals surface area contributed by atoms with Gasteiger partial charge in [0.25, 0.3) is 0 Å². The largest absolute Gasteiger partial charge is 0.468 e. The molecule has 2 heteroatoms. The summed E-state index contributed by atoms with van der Waals surface area (Å²) in [6, 6.07) is 6.56. The first kappa shape index (κ1) is 10.8. The highest BCUT2D eigenvalue weighted by Gasteiger charge is 2.22. The van der Waals surface area contributed by atoms with E-state index in [9.17, 15) is 0 Å². The lowest BCUT2D eigenvalue weighted by molar-refractivity contribution is 0.241. The quantitative estimate of drug-likeness (QED) is 0.743. The smallest absolute Gasteiger partial charge is 0.114 e. The van der Waals surface area contributed by atoms with Gasteiger partial charge in [0.05, 0.1) is 6.26 Å². The van der Waals surface area contributed by atoms with Crippen LogP contribution in [0.25, 0.3) is 10.8 Å². The van der Waals surface area contributed by atoms with Gasteiger partial charge >= 0.3 is 0 Å². The minimum absolute atomic E-state index is 0.602. The number of hydrogen-bond acceptors (Lipinski definition) is 2. The molecule has 0 atom stereocenters. The Morgan fingerprint density at radius 1 is 1.24 bits per heavy atom. The molecule has 0 amide bonds. The number of piperidine rings is 1. The predicted molar refractivity (Wildman–Crippen MR) is 70.4 cm³/mol. The standard InChI is InChI=1S/C15H19NO/c1-11-3-4-13-10-17-15(14(13)9-11)12-5-7-16(2)8-6-12/h3-4,9-10,12H,5-8H2,1-2H3. The second kappa shape index (κ2) is 4.19. The summed E-state index contributed by atoms with van der Waals surface area (Å²) < 4.78 is 5.83. The maximum Gasteiger partial charge on any atom is 0.114 e. The van der Waals surface area contributed by atoms with Gasteiger partial charge in [-0.25, -0.2) is 0 Å². The average Bonchev–Trinajstić information content (AvgIpc) is 2.73. The highest BCUT2D eigenvalue weighted by atomic mass is 16.3. The minimum Gasteiger partial charge on any atom is -0.468 e. The SMILES string of the molecule is Cc1ccc2coc(C3CCN(C)CC3)c2c1. The molecular weight excluding hydrogens is 210 g/mol. The summed E-state index contributed by atoms with van der Waals surface area (Å²) in [6.45, 7) is 4.50. The highest BCUT2D eigenvalue weighted by Crippen LogP contribution is 2.34. The van der Waals surface area contributed by atoms with Crippen LogP contribution in [0.2, 0.25) is 0 Å². The number of fused-ring (bicyclic) bond motifs is 1. The van der Waals surface area contributed by atoms with Gasteiger partial charge in [-0.15, -0.1) is 0 Å². The fourth-order valence-electron chi connectivity index (χ4n) is 2.76. The van der Waals surface area contributed by atoms with E-state index in [2.05, 4.69) is 37.1 Å². The zero-order valence-electron chi connectivity index (χ0n) is 10.6. The van der Waals surface area contributed by atoms with Gasteiger partial charge in [0.2, 0.25) is 0 Å². The minimum atomic E-state index is 0.602. The molecule has 0 bridgehead atoms. The highest BCUT2D eigenvalue weighted by molar-refractivity contribution is 5.85. The van der Waals surface area contributed by atoms with Crippen LogP contribution in [0, 0.1) is 6.92 Å². The number of aryl methyl sites for hydroxylation is 1. The van der Waals surface area contributed by atoms with E-state index in [1.807, 2.05) is 6.26 Å². The van der Waals surface area contributed by atoms with Crippen molar-refractivity contribution in [2.45, 2.75) is 25.7 Å². The van der Waals surface area contributed by atoms with Gasteiger partial charge in [-0.05, 0) is 46.0 Å². The second-order valence-electron chi connectivity index (χ2n) is 5.27. The first-order valence-electron chi connectivity index (χ1n) is 6.40. The molecule has 0 spiro atoms. The van der Waals surface area contributed by atoms with Crippen LogP contribution in [-0.2, 0) is 0 Å². The number of benzene rings is 1. The van der Waals surface area contributed by atoms with Crippen LogP contribution in [0.5, 0.6) is 0 Å². The van der Waals surface area contributed by atoms with Gasteiger partial charge in [-0.1, -0.05) is 17.7 Å². The molecule has 1 aliphatic heterocycles. The van der Waals surface area contributed by atoms with E-state index in [4.69, 9.17) is 4.42 Å². The molecule has 0 N–H and O–H groups in total. The number of likely N-dealkylation sites (tertiary alicyclic amines) is 1. The van der Waals surface area contributed by atoms with Crippen molar-refractivity contribution < 1.29 is 4.42 Å². The summed E-state index contributed by atoms with van der Waals surface area (Å²) in [7, 11) is 2.20. The van der Waals surface area contributed by atoms with Crippen molar-refractivity contribution in [1.82, 2.24) is 4.90 Å². The van der Waals surface area contributed by atoms with E-state index in [0.29, 0.717) is 5.92 Å². The van der Waals surface area contributed by atoms with Crippen molar-refractivity contribution in [3.63, 3.8) is 0 Å². The topological polar surface area (TPSA) is 16.4 Å². The van der Waals surface area contributed by atoms with Crippen LogP contribution in [-0.4, -0.2) is 25.0 Å².